The van der Waals surface area contributed by atoms with E-state index in [1.165, 1.54) is 121 Å². The summed E-state index contributed by atoms with van der Waals surface area (Å²) in [7, 11) is 0. The minimum absolute atomic E-state index is 0.394. The Morgan fingerprint density at radius 3 is 1.44 bits per heavy atom. The van der Waals surface area contributed by atoms with Crippen LogP contribution in [-0.2, 0) is 16.2 Å². The molecule has 1 rings (SSSR count). The Bertz CT molecular complexity index is 567. The Labute approximate surface area is 211 Å². The lowest BCUT2D eigenvalue weighted by molar-refractivity contribution is -0.241. The minimum Gasteiger partial charge on any atom is -0.293 e. The predicted molar refractivity (Wildman–Crippen MR) is 145 cm³/mol. The Morgan fingerprint density at radius 1 is 0.559 bits per heavy atom. The van der Waals surface area contributed by atoms with E-state index in [4.69, 9.17) is 9.78 Å². The van der Waals surface area contributed by atoms with Crippen LogP contribution in [-0.4, -0.2) is 12.6 Å². The molecule has 0 aliphatic carbocycles. The first-order valence-electron chi connectivity index (χ1n) is 14.7. The summed E-state index contributed by atoms with van der Waals surface area (Å²) in [4.78, 5) is 22.2. The Kier molecular flexibility index (Phi) is 21.1. The third kappa shape index (κ3) is 18.0. The van der Waals surface area contributed by atoms with Gasteiger partial charge in [-0.1, -0.05) is 142 Å². The number of carbonyl (C=O) groups is 1. The van der Waals surface area contributed by atoms with Gasteiger partial charge in [0, 0.05) is 0 Å². The number of benzene rings is 1. The van der Waals surface area contributed by atoms with E-state index in [2.05, 4.69) is 13.8 Å². The molecule has 0 aliphatic rings. The lowest BCUT2D eigenvalue weighted by Gasteiger charge is -2.06. The number of unbranched alkanes of at least 4 members (excludes halogenated alkanes) is 18. The summed E-state index contributed by atoms with van der Waals surface area (Å²) in [6.45, 7) is 4.99. The Morgan fingerprint density at radius 2 is 0.971 bits per heavy atom. The summed E-state index contributed by atoms with van der Waals surface area (Å²) in [5.74, 6) is -0.394. The van der Waals surface area contributed by atoms with Gasteiger partial charge in [0.05, 0.1) is 12.2 Å². The smallest absolute Gasteiger partial charge is 0.293 e. The second-order valence-corrected chi connectivity index (χ2v) is 10.0. The number of carbonyl (C=O) groups excluding carboxylic acids is 1. The molecule has 0 saturated carbocycles. The van der Waals surface area contributed by atoms with Crippen molar-refractivity contribution in [2.24, 2.45) is 0 Å². The highest BCUT2D eigenvalue weighted by Gasteiger charge is 2.08. The maximum Gasteiger partial charge on any atom is 0.373 e. The van der Waals surface area contributed by atoms with Crippen LogP contribution in [0.2, 0.25) is 0 Å². The molecule has 0 unspecified atom stereocenters. The maximum absolute atomic E-state index is 12.1. The van der Waals surface area contributed by atoms with Gasteiger partial charge in [-0.05, 0) is 37.0 Å². The molecule has 0 bridgehead atoms. The molecular formula is C31H54O3. The molecule has 0 atom stereocenters. The summed E-state index contributed by atoms with van der Waals surface area (Å²) < 4.78 is 0. The minimum atomic E-state index is -0.394. The fraction of sp³-hybridized carbons (Fsp3) is 0.774. The van der Waals surface area contributed by atoms with E-state index in [0.29, 0.717) is 12.2 Å². The zero-order valence-electron chi connectivity index (χ0n) is 22.6. The van der Waals surface area contributed by atoms with Gasteiger partial charge in [0.15, 0.2) is 0 Å². The molecule has 0 aromatic heterocycles. The summed E-state index contributed by atoms with van der Waals surface area (Å²) in [5.41, 5.74) is 1.84. The van der Waals surface area contributed by atoms with Gasteiger partial charge < -0.3 is 0 Å². The van der Waals surface area contributed by atoms with E-state index >= 15 is 0 Å². The van der Waals surface area contributed by atoms with E-state index in [1.54, 1.807) is 0 Å². The normalized spacial score (nSPS) is 11.1. The standard InChI is InChI=1S/C31H54O3/c1-3-5-7-9-10-11-12-13-14-15-16-17-18-19-20-22-28-33-34-31(32)30-26-24-29(25-27-30)23-21-8-6-4-2/h24-27H,3-23,28H2,1-2H3. The number of aryl methyl sites for hydroxylation is 1. The highest BCUT2D eigenvalue weighted by Crippen LogP contribution is 2.14. The molecule has 0 spiro atoms. The maximum atomic E-state index is 12.1. The molecule has 0 N–H and O–H groups in total. The first-order chi connectivity index (χ1) is 16.8. The van der Waals surface area contributed by atoms with Crippen LogP contribution in [0.5, 0.6) is 0 Å². The largest absolute Gasteiger partial charge is 0.373 e. The Hall–Kier alpha value is -1.35. The van der Waals surface area contributed by atoms with Gasteiger partial charge in [-0.15, -0.1) is 0 Å². The van der Waals surface area contributed by atoms with Crippen molar-refractivity contribution in [1.82, 2.24) is 0 Å². The summed E-state index contributed by atoms with van der Waals surface area (Å²) >= 11 is 0. The monoisotopic (exact) mass is 474 g/mol. The first kappa shape index (κ1) is 30.7. The SMILES string of the molecule is CCCCCCCCCCCCCCCCCCOOC(=O)c1ccc(CCCCCC)cc1. The highest BCUT2D eigenvalue weighted by molar-refractivity contribution is 5.88. The molecule has 34 heavy (non-hydrogen) atoms. The van der Waals surface area contributed by atoms with Gasteiger partial charge in [0.25, 0.3) is 0 Å². The zero-order chi connectivity index (χ0) is 24.5. The molecule has 0 heterocycles. The molecule has 0 saturated heterocycles. The van der Waals surface area contributed by atoms with Crippen molar-refractivity contribution >= 4 is 5.97 Å². The van der Waals surface area contributed by atoms with E-state index in [1.807, 2.05) is 24.3 Å². The van der Waals surface area contributed by atoms with Crippen LogP contribution in [0.25, 0.3) is 0 Å². The van der Waals surface area contributed by atoms with Crippen molar-refractivity contribution < 1.29 is 14.6 Å². The van der Waals surface area contributed by atoms with E-state index in [9.17, 15) is 4.79 Å². The molecule has 1 aromatic carbocycles. The van der Waals surface area contributed by atoms with Crippen molar-refractivity contribution in [2.45, 2.75) is 149 Å². The van der Waals surface area contributed by atoms with Gasteiger partial charge >= 0.3 is 5.97 Å². The number of rotatable bonds is 24. The van der Waals surface area contributed by atoms with Crippen LogP contribution >= 0.6 is 0 Å². The van der Waals surface area contributed by atoms with Crippen LogP contribution in [0.1, 0.15) is 158 Å². The van der Waals surface area contributed by atoms with Crippen LogP contribution in [0.15, 0.2) is 24.3 Å². The summed E-state index contributed by atoms with van der Waals surface area (Å²) in [6, 6.07) is 7.74. The predicted octanol–water partition coefficient (Wildman–Crippen LogP) is 10.2. The topological polar surface area (TPSA) is 35.5 Å². The lowest BCUT2D eigenvalue weighted by atomic mass is 10.0. The van der Waals surface area contributed by atoms with Crippen LogP contribution in [0, 0.1) is 0 Å². The van der Waals surface area contributed by atoms with Gasteiger partial charge in [-0.2, -0.15) is 4.89 Å². The quantitative estimate of drug-likeness (QED) is 0.0849. The van der Waals surface area contributed by atoms with Crippen molar-refractivity contribution in [3.8, 4) is 0 Å². The van der Waals surface area contributed by atoms with E-state index < -0.39 is 5.97 Å². The highest BCUT2D eigenvalue weighted by atomic mass is 17.2. The van der Waals surface area contributed by atoms with Gasteiger partial charge in [0.1, 0.15) is 0 Å². The molecular weight excluding hydrogens is 420 g/mol. The van der Waals surface area contributed by atoms with Crippen molar-refractivity contribution in [3.63, 3.8) is 0 Å². The third-order valence-electron chi connectivity index (χ3n) is 6.72. The van der Waals surface area contributed by atoms with Crippen molar-refractivity contribution in [2.75, 3.05) is 6.61 Å². The second-order valence-electron chi connectivity index (χ2n) is 10.0. The molecule has 0 radical (unpaired) electrons. The third-order valence-corrected chi connectivity index (χ3v) is 6.72. The van der Waals surface area contributed by atoms with Crippen molar-refractivity contribution in [1.29, 1.82) is 0 Å². The Balaban J connectivity index is 1.86. The van der Waals surface area contributed by atoms with Crippen LogP contribution in [0.4, 0.5) is 0 Å². The van der Waals surface area contributed by atoms with Gasteiger partial charge in [0.2, 0.25) is 0 Å². The van der Waals surface area contributed by atoms with Crippen molar-refractivity contribution in [3.05, 3.63) is 35.4 Å². The molecule has 0 aliphatic heterocycles. The molecule has 1 aromatic rings. The summed E-state index contributed by atoms with van der Waals surface area (Å²) in [6.07, 6.45) is 27.6. The van der Waals surface area contributed by atoms with Crippen LogP contribution in [0.3, 0.4) is 0 Å². The van der Waals surface area contributed by atoms with Gasteiger partial charge in [-0.3, -0.25) is 4.89 Å². The zero-order valence-corrected chi connectivity index (χ0v) is 22.6. The molecule has 0 fully saturated rings. The second kappa shape index (κ2) is 23.4. The fourth-order valence-electron chi connectivity index (χ4n) is 4.42. The van der Waals surface area contributed by atoms with E-state index in [-0.39, 0.29) is 0 Å². The molecule has 0 amide bonds. The van der Waals surface area contributed by atoms with Crippen LogP contribution < -0.4 is 0 Å². The number of hydrogen-bond donors (Lipinski definition) is 0. The van der Waals surface area contributed by atoms with E-state index in [0.717, 1.165) is 19.3 Å². The fourth-order valence-corrected chi connectivity index (χ4v) is 4.42. The molecule has 196 valence electrons. The average molecular weight is 475 g/mol. The molecule has 3 heteroatoms. The summed E-state index contributed by atoms with van der Waals surface area (Å²) in [5, 5.41) is 0. The number of hydrogen-bond acceptors (Lipinski definition) is 3. The molecule has 3 nitrogen and oxygen atoms in total. The average Bonchev–Trinajstić information content (AvgIpc) is 2.86. The first-order valence-corrected chi connectivity index (χ1v) is 14.7. The van der Waals surface area contributed by atoms with Gasteiger partial charge in [-0.25, -0.2) is 4.79 Å². The lowest BCUT2D eigenvalue weighted by Crippen LogP contribution is -2.07.